The summed E-state index contributed by atoms with van der Waals surface area (Å²) in [4.78, 5) is 22.7. The zero-order valence-electron chi connectivity index (χ0n) is 17.8. The topological polar surface area (TPSA) is 36.4 Å². The number of hydrogen-bond acceptors (Lipinski definition) is 4. The van der Waals surface area contributed by atoms with Crippen molar-refractivity contribution in [1.29, 1.82) is 0 Å². The van der Waals surface area contributed by atoms with Gasteiger partial charge in [0.2, 0.25) is 5.91 Å². The summed E-state index contributed by atoms with van der Waals surface area (Å²) in [5.41, 5.74) is 2.38. The molecule has 1 aliphatic rings. The maximum atomic E-state index is 12.5. The molecule has 0 aliphatic carbocycles. The van der Waals surface area contributed by atoms with E-state index in [4.69, 9.17) is 0 Å². The van der Waals surface area contributed by atoms with Crippen LogP contribution in [0.4, 0.5) is 0 Å². The normalized spacial score (nSPS) is 15.2. The van der Waals surface area contributed by atoms with Gasteiger partial charge < -0.3 is 4.90 Å². The van der Waals surface area contributed by atoms with E-state index in [0.29, 0.717) is 18.5 Å². The number of carbonyl (C=O) groups excluding carboxylic acids is 1. The van der Waals surface area contributed by atoms with Crippen molar-refractivity contribution in [2.75, 3.05) is 20.1 Å². The van der Waals surface area contributed by atoms with Gasteiger partial charge in [0.05, 0.1) is 9.88 Å². The van der Waals surface area contributed by atoms with E-state index in [1.807, 2.05) is 29.5 Å². The van der Waals surface area contributed by atoms with E-state index in [0.717, 1.165) is 25.9 Å². The van der Waals surface area contributed by atoms with E-state index in [-0.39, 0.29) is 11.8 Å². The van der Waals surface area contributed by atoms with Crippen LogP contribution in [0.1, 0.15) is 57.0 Å². The number of thiazole rings is 1. The predicted octanol–water partition coefficient (Wildman–Crippen LogP) is 5.01. The van der Waals surface area contributed by atoms with Gasteiger partial charge >= 0.3 is 0 Å². The van der Waals surface area contributed by atoms with Crippen LogP contribution < -0.4 is 0 Å². The summed E-state index contributed by atoms with van der Waals surface area (Å²) in [5, 5.41) is 1.26. The summed E-state index contributed by atoms with van der Waals surface area (Å²) in [5.74, 6) is 0.972. The zero-order valence-corrected chi connectivity index (χ0v) is 18.6. The second-order valence-corrected chi connectivity index (χ2v) is 9.27. The fourth-order valence-electron chi connectivity index (χ4n) is 3.78. The van der Waals surface area contributed by atoms with Crippen molar-refractivity contribution in [3.63, 3.8) is 0 Å². The Bertz CT molecular complexity index is 773. The Morgan fingerprint density at radius 1 is 1.21 bits per heavy atom. The van der Waals surface area contributed by atoms with Crippen molar-refractivity contribution in [2.24, 2.45) is 5.92 Å². The molecule has 4 nitrogen and oxygen atoms in total. The molecule has 0 unspecified atom stereocenters. The van der Waals surface area contributed by atoms with Gasteiger partial charge in [-0.15, -0.1) is 11.3 Å². The molecule has 0 radical (unpaired) electrons. The summed E-state index contributed by atoms with van der Waals surface area (Å²) >= 11 is 1.82. The zero-order chi connectivity index (χ0) is 20.3. The molecule has 1 amide bonds. The smallest absolute Gasteiger partial charge is 0.225 e. The number of rotatable bonds is 8. The number of nitrogens with zero attached hydrogens (tertiary/aromatic N) is 3. The summed E-state index contributed by atoms with van der Waals surface area (Å²) in [6, 6.07) is 9.20. The van der Waals surface area contributed by atoms with Gasteiger partial charge in [-0.2, -0.15) is 0 Å². The minimum Gasteiger partial charge on any atom is -0.341 e. The van der Waals surface area contributed by atoms with Crippen LogP contribution in [0.25, 0.3) is 10.4 Å². The van der Waals surface area contributed by atoms with Crippen LogP contribution >= 0.6 is 11.3 Å². The molecule has 28 heavy (non-hydrogen) atoms. The standard InChI is InChI=1S/C23H33N3OS/c1-6-18(7-2)23(27)25(5)13-17-8-10-19(11-9-17)21-12-24-22(28-21)20-14-26(15-20)16(3)4/h8-12,16,18,20H,6-7,13-15H2,1-5H3. The molecule has 1 fully saturated rings. The number of benzene rings is 1. The highest BCUT2D eigenvalue weighted by Gasteiger charge is 2.31. The molecule has 5 heteroatoms. The van der Waals surface area contributed by atoms with E-state index in [1.165, 1.54) is 21.0 Å². The number of aromatic nitrogens is 1. The average Bonchev–Trinajstić information content (AvgIpc) is 3.11. The number of likely N-dealkylation sites (tertiary alicyclic amines) is 1. The molecule has 1 aromatic heterocycles. The van der Waals surface area contributed by atoms with Crippen LogP contribution in [0.3, 0.4) is 0 Å². The second kappa shape index (κ2) is 9.19. The van der Waals surface area contributed by atoms with Crippen LogP contribution in [0.2, 0.25) is 0 Å². The lowest BCUT2D eigenvalue weighted by molar-refractivity contribution is -0.134. The Labute approximate surface area is 173 Å². The van der Waals surface area contributed by atoms with Crippen molar-refractivity contribution < 1.29 is 4.79 Å². The van der Waals surface area contributed by atoms with Gasteiger partial charge in [-0.05, 0) is 37.8 Å². The van der Waals surface area contributed by atoms with Gasteiger partial charge in [0.15, 0.2) is 0 Å². The Balaban J connectivity index is 1.60. The summed E-state index contributed by atoms with van der Waals surface area (Å²) in [6.07, 6.45) is 3.82. The van der Waals surface area contributed by atoms with Crippen LogP contribution in [-0.4, -0.2) is 46.9 Å². The van der Waals surface area contributed by atoms with Crippen molar-refractivity contribution >= 4 is 17.2 Å². The van der Waals surface area contributed by atoms with E-state index >= 15 is 0 Å². The summed E-state index contributed by atoms with van der Waals surface area (Å²) in [6.45, 7) is 11.6. The summed E-state index contributed by atoms with van der Waals surface area (Å²) in [7, 11) is 1.91. The Hall–Kier alpha value is -1.72. The van der Waals surface area contributed by atoms with Crippen LogP contribution in [0.5, 0.6) is 0 Å². The van der Waals surface area contributed by atoms with Gasteiger partial charge in [-0.1, -0.05) is 38.1 Å². The van der Waals surface area contributed by atoms with E-state index in [2.05, 4.69) is 61.8 Å². The van der Waals surface area contributed by atoms with Crippen LogP contribution in [-0.2, 0) is 11.3 Å². The third-order valence-electron chi connectivity index (χ3n) is 5.88. The first-order valence-corrected chi connectivity index (χ1v) is 11.3. The maximum absolute atomic E-state index is 12.5. The van der Waals surface area contributed by atoms with E-state index < -0.39 is 0 Å². The number of amides is 1. The fourth-order valence-corrected chi connectivity index (χ4v) is 4.78. The highest BCUT2D eigenvalue weighted by Crippen LogP contribution is 2.35. The van der Waals surface area contributed by atoms with Gasteiger partial charge in [-0.25, -0.2) is 4.98 Å². The highest BCUT2D eigenvalue weighted by molar-refractivity contribution is 7.15. The molecule has 1 aliphatic heterocycles. The van der Waals surface area contributed by atoms with E-state index in [9.17, 15) is 4.79 Å². The number of hydrogen-bond donors (Lipinski definition) is 0. The lowest BCUT2D eigenvalue weighted by Crippen LogP contribution is -2.48. The molecule has 0 spiro atoms. The van der Waals surface area contributed by atoms with Crippen molar-refractivity contribution in [3.8, 4) is 10.4 Å². The monoisotopic (exact) mass is 399 g/mol. The maximum Gasteiger partial charge on any atom is 0.225 e. The molecular formula is C23H33N3OS. The van der Waals surface area contributed by atoms with Crippen molar-refractivity contribution in [1.82, 2.24) is 14.8 Å². The van der Waals surface area contributed by atoms with Crippen LogP contribution in [0, 0.1) is 5.92 Å². The Morgan fingerprint density at radius 3 is 2.43 bits per heavy atom. The van der Waals surface area contributed by atoms with Crippen molar-refractivity contribution in [3.05, 3.63) is 41.0 Å². The first-order valence-electron chi connectivity index (χ1n) is 10.5. The minimum absolute atomic E-state index is 0.137. The van der Waals surface area contributed by atoms with E-state index in [1.54, 1.807) is 0 Å². The molecule has 1 saturated heterocycles. The third kappa shape index (κ3) is 4.64. The summed E-state index contributed by atoms with van der Waals surface area (Å²) < 4.78 is 0. The van der Waals surface area contributed by atoms with Gasteiger partial charge in [0, 0.05) is 50.8 Å². The average molecular weight is 400 g/mol. The van der Waals surface area contributed by atoms with Gasteiger partial charge in [-0.3, -0.25) is 9.69 Å². The Morgan fingerprint density at radius 2 is 1.86 bits per heavy atom. The Kier molecular flexibility index (Phi) is 6.89. The van der Waals surface area contributed by atoms with Gasteiger partial charge in [0.1, 0.15) is 0 Å². The second-order valence-electron chi connectivity index (χ2n) is 8.21. The highest BCUT2D eigenvalue weighted by atomic mass is 32.1. The lowest BCUT2D eigenvalue weighted by atomic mass is 9.99. The van der Waals surface area contributed by atoms with Gasteiger partial charge in [0.25, 0.3) is 0 Å². The predicted molar refractivity (Wildman–Crippen MR) is 118 cm³/mol. The van der Waals surface area contributed by atoms with Crippen molar-refractivity contribution in [2.45, 2.75) is 59.0 Å². The molecule has 3 rings (SSSR count). The van der Waals surface area contributed by atoms with Crippen LogP contribution in [0.15, 0.2) is 30.5 Å². The fraction of sp³-hybridized carbons (Fsp3) is 0.565. The number of carbonyl (C=O) groups is 1. The molecule has 0 N–H and O–H groups in total. The molecule has 2 aromatic rings. The third-order valence-corrected chi connectivity index (χ3v) is 7.09. The molecule has 0 saturated carbocycles. The molecule has 152 valence electrons. The minimum atomic E-state index is 0.137. The molecule has 1 aromatic carbocycles. The lowest BCUT2D eigenvalue weighted by Gasteiger charge is -2.41. The molecule has 0 bridgehead atoms. The first-order chi connectivity index (χ1) is 13.4. The molecule has 0 atom stereocenters. The molecule has 2 heterocycles. The SMILES string of the molecule is CCC(CC)C(=O)N(C)Cc1ccc(-c2cnc(C3CN(C(C)C)C3)s2)cc1. The molecular weight excluding hydrogens is 366 g/mol. The quantitative estimate of drug-likeness (QED) is 0.626. The first kappa shape index (κ1) is 21.0. The largest absolute Gasteiger partial charge is 0.341 e.